The number of nitrogens with zero attached hydrogens (tertiary/aromatic N) is 1. The first-order chi connectivity index (χ1) is 8.81. The van der Waals surface area contributed by atoms with E-state index in [1.165, 1.54) is 16.3 Å². The topological polar surface area (TPSA) is 3.01 Å². The van der Waals surface area contributed by atoms with Gasteiger partial charge in [-0.3, -0.25) is 0 Å². The van der Waals surface area contributed by atoms with Crippen molar-refractivity contribution in [3.63, 3.8) is 0 Å². The highest BCUT2D eigenvalue weighted by Gasteiger charge is 2.12. The van der Waals surface area contributed by atoms with Crippen molar-refractivity contribution in [3.05, 3.63) is 60.3 Å². The lowest BCUT2D eigenvalue weighted by Crippen LogP contribution is -2.12. The zero-order chi connectivity index (χ0) is 12.4. The Morgan fingerprint density at radius 1 is 1.11 bits per heavy atom. The van der Waals surface area contributed by atoms with Gasteiger partial charge in [-0.05, 0) is 34.8 Å². The van der Waals surface area contributed by atoms with Gasteiger partial charge in [0.2, 0.25) is 0 Å². The van der Waals surface area contributed by atoms with E-state index < -0.39 is 0 Å². The van der Waals surface area contributed by atoms with Crippen LogP contribution in [0.15, 0.2) is 54.7 Å². The van der Waals surface area contributed by atoms with Crippen LogP contribution in [0.2, 0.25) is 0 Å². The fourth-order valence-electron chi connectivity index (χ4n) is 2.52. The van der Waals surface area contributed by atoms with E-state index in [9.17, 15) is 0 Å². The van der Waals surface area contributed by atoms with Crippen LogP contribution in [0, 0.1) is 5.92 Å². The van der Waals surface area contributed by atoms with Crippen LogP contribution in [-0.4, -0.2) is 17.8 Å². The number of hydrogen-bond acceptors (Lipinski definition) is 0. The van der Waals surface area contributed by atoms with E-state index in [0.29, 0.717) is 5.92 Å². The van der Waals surface area contributed by atoms with E-state index in [1.807, 2.05) is 0 Å². The molecule has 1 unspecified atom stereocenters. The highest BCUT2D eigenvalue weighted by atomic mass is 14.9. The summed E-state index contributed by atoms with van der Waals surface area (Å²) in [6.07, 6.45) is 9.00. The van der Waals surface area contributed by atoms with Crippen LogP contribution in [0.1, 0.15) is 12.0 Å². The Balaban J connectivity index is 1.81. The Labute approximate surface area is 108 Å². The zero-order valence-corrected chi connectivity index (χ0v) is 10.7. The molecule has 0 N–H and O–H groups in total. The number of fused-ring (bicyclic) bond motifs is 1. The second-order valence-corrected chi connectivity index (χ2v) is 5.07. The van der Waals surface area contributed by atoms with Crippen LogP contribution in [-0.2, 0) is 6.42 Å². The summed E-state index contributed by atoms with van der Waals surface area (Å²) in [7, 11) is 2.09. The predicted molar refractivity (Wildman–Crippen MR) is 77.1 cm³/mol. The molecule has 90 valence electrons. The average molecular weight is 236 g/mol. The highest BCUT2D eigenvalue weighted by molar-refractivity contribution is 5.83. The first-order valence-corrected chi connectivity index (χ1v) is 6.52. The van der Waals surface area contributed by atoms with E-state index in [2.05, 4.69) is 72.6 Å². The number of rotatable bonds is 2. The molecule has 1 heteroatoms. The standard InChI is InChI=1S/C17H18N/c1-18-10-8-14(9-11-18)12-15-6-7-16-4-2-3-5-17(16)13-15/h2-8,10-11,13-14H,9,12H2,1H3/q+1. The van der Waals surface area contributed by atoms with Gasteiger partial charge in [0.15, 0.2) is 6.20 Å². The van der Waals surface area contributed by atoms with Crippen LogP contribution < -0.4 is 0 Å². The van der Waals surface area contributed by atoms with Crippen molar-refractivity contribution in [2.45, 2.75) is 12.8 Å². The minimum Gasteiger partial charge on any atom is -0.212 e. The first-order valence-electron chi connectivity index (χ1n) is 6.52. The molecule has 1 aliphatic heterocycles. The quantitative estimate of drug-likeness (QED) is 0.700. The van der Waals surface area contributed by atoms with Gasteiger partial charge in [-0.1, -0.05) is 42.5 Å². The minimum atomic E-state index is 0.641. The van der Waals surface area contributed by atoms with E-state index in [0.717, 1.165) is 12.8 Å². The van der Waals surface area contributed by atoms with E-state index in [-0.39, 0.29) is 0 Å². The van der Waals surface area contributed by atoms with E-state index in [1.54, 1.807) is 0 Å². The summed E-state index contributed by atoms with van der Waals surface area (Å²) in [5.41, 5.74) is 1.43. The van der Waals surface area contributed by atoms with Gasteiger partial charge in [-0.15, -0.1) is 0 Å². The third-order valence-corrected chi connectivity index (χ3v) is 3.60. The molecule has 1 nitrogen and oxygen atoms in total. The van der Waals surface area contributed by atoms with Crippen molar-refractivity contribution in [1.29, 1.82) is 0 Å². The fourth-order valence-corrected chi connectivity index (χ4v) is 2.52. The Bertz CT molecular complexity index is 622. The molecule has 0 amide bonds. The molecular formula is C17H18N+. The molecule has 2 aromatic carbocycles. The lowest BCUT2D eigenvalue weighted by Gasteiger charge is -2.12. The summed E-state index contributed by atoms with van der Waals surface area (Å²) in [6.45, 7) is 0. The maximum Gasteiger partial charge on any atom is 0.164 e. The van der Waals surface area contributed by atoms with Gasteiger partial charge in [0.05, 0.1) is 0 Å². The second kappa shape index (κ2) is 4.77. The Kier molecular flexibility index (Phi) is 2.97. The molecule has 1 aliphatic rings. The Morgan fingerprint density at radius 2 is 1.94 bits per heavy atom. The Hall–Kier alpha value is -1.89. The summed E-state index contributed by atoms with van der Waals surface area (Å²) in [5, 5.41) is 2.67. The summed E-state index contributed by atoms with van der Waals surface area (Å²) in [4.78, 5) is 0. The fraction of sp³-hybridized carbons (Fsp3) is 0.235. The summed E-state index contributed by atoms with van der Waals surface area (Å²) in [5.74, 6) is 0.641. The van der Waals surface area contributed by atoms with Gasteiger partial charge in [-0.25, -0.2) is 4.58 Å². The van der Waals surface area contributed by atoms with Crippen LogP contribution in [0.3, 0.4) is 0 Å². The van der Waals surface area contributed by atoms with Crippen LogP contribution in [0.4, 0.5) is 0 Å². The van der Waals surface area contributed by atoms with E-state index >= 15 is 0 Å². The van der Waals surface area contributed by atoms with Crippen molar-refractivity contribution in [2.75, 3.05) is 7.05 Å². The SMILES string of the molecule is C[N+]1=CCC(Cc2ccc3ccccc3c2)C=C1. The van der Waals surface area contributed by atoms with Crippen molar-refractivity contribution < 1.29 is 4.58 Å². The Morgan fingerprint density at radius 3 is 2.72 bits per heavy atom. The molecule has 3 rings (SSSR count). The molecule has 18 heavy (non-hydrogen) atoms. The van der Waals surface area contributed by atoms with Gasteiger partial charge in [-0.2, -0.15) is 0 Å². The summed E-state index contributed by atoms with van der Waals surface area (Å²) in [6, 6.07) is 15.4. The molecule has 0 aromatic heterocycles. The van der Waals surface area contributed by atoms with Gasteiger partial charge >= 0.3 is 0 Å². The van der Waals surface area contributed by atoms with E-state index in [4.69, 9.17) is 0 Å². The minimum absolute atomic E-state index is 0.641. The van der Waals surface area contributed by atoms with Crippen molar-refractivity contribution in [1.82, 2.24) is 0 Å². The molecule has 0 bridgehead atoms. The van der Waals surface area contributed by atoms with Crippen LogP contribution >= 0.6 is 0 Å². The number of hydrogen-bond donors (Lipinski definition) is 0. The van der Waals surface area contributed by atoms with Gasteiger partial charge in [0.1, 0.15) is 13.3 Å². The molecule has 0 fully saturated rings. The predicted octanol–water partition coefficient (Wildman–Crippen LogP) is 3.63. The molecule has 0 saturated carbocycles. The maximum absolute atomic E-state index is 2.32. The smallest absolute Gasteiger partial charge is 0.164 e. The number of allylic oxidation sites excluding steroid dienone is 1. The molecule has 0 saturated heterocycles. The molecule has 0 aliphatic carbocycles. The molecule has 2 aromatic rings. The highest BCUT2D eigenvalue weighted by Crippen LogP contribution is 2.20. The molecule has 1 atom stereocenters. The van der Waals surface area contributed by atoms with Crippen LogP contribution in [0.5, 0.6) is 0 Å². The van der Waals surface area contributed by atoms with Gasteiger partial charge < -0.3 is 0 Å². The lowest BCUT2D eigenvalue weighted by atomic mass is 9.94. The second-order valence-electron chi connectivity index (χ2n) is 5.07. The molecular weight excluding hydrogens is 218 g/mol. The molecule has 0 spiro atoms. The largest absolute Gasteiger partial charge is 0.212 e. The molecule has 1 heterocycles. The van der Waals surface area contributed by atoms with Gasteiger partial charge in [0.25, 0.3) is 0 Å². The molecule has 0 radical (unpaired) electrons. The summed E-state index contributed by atoms with van der Waals surface area (Å²) >= 11 is 0. The van der Waals surface area contributed by atoms with Crippen molar-refractivity contribution in [2.24, 2.45) is 5.92 Å². The zero-order valence-electron chi connectivity index (χ0n) is 10.7. The lowest BCUT2D eigenvalue weighted by molar-refractivity contribution is -0.420. The monoisotopic (exact) mass is 236 g/mol. The average Bonchev–Trinajstić information content (AvgIpc) is 2.41. The third kappa shape index (κ3) is 2.35. The van der Waals surface area contributed by atoms with Crippen molar-refractivity contribution >= 4 is 17.0 Å². The third-order valence-electron chi connectivity index (χ3n) is 3.60. The maximum atomic E-state index is 2.32. The van der Waals surface area contributed by atoms with Crippen molar-refractivity contribution in [3.8, 4) is 0 Å². The normalized spacial score (nSPS) is 18.9. The van der Waals surface area contributed by atoms with Crippen LogP contribution in [0.25, 0.3) is 10.8 Å². The number of benzene rings is 2. The first kappa shape index (κ1) is 11.2. The van der Waals surface area contributed by atoms with Gasteiger partial charge in [0, 0.05) is 6.42 Å². The summed E-state index contributed by atoms with van der Waals surface area (Å²) < 4.78 is 2.14.